The number of rotatable bonds is 2. The summed E-state index contributed by atoms with van der Waals surface area (Å²) in [5.74, 6) is 1.43. The SMILES string of the molecule is Cc1ccc2c(c1)CCCN2C(=O)C1CN(c2c3c(nc4ccnn24)CCNCC3)C1. The molecule has 6 rings (SSSR count). The molecule has 0 atom stereocenters. The van der Waals surface area contributed by atoms with Crippen LogP contribution in [0.3, 0.4) is 0 Å². The fourth-order valence-electron chi connectivity index (χ4n) is 5.32. The van der Waals surface area contributed by atoms with Crippen LogP contribution in [-0.4, -0.2) is 53.2 Å². The number of hydrogen-bond donors (Lipinski definition) is 1. The van der Waals surface area contributed by atoms with Crippen LogP contribution in [0.1, 0.15) is 28.8 Å². The van der Waals surface area contributed by atoms with E-state index in [1.807, 2.05) is 21.7 Å². The van der Waals surface area contributed by atoms with Gasteiger partial charge in [-0.25, -0.2) is 4.98 Å². The second kappa shape index (κ2) is 7.34. The third kappa shape index (κ3) is 3.10. The highest BCUT2D eigenvalue weighted by Crippen LogP contribution is 2.34. The zero-order valence-electron chi connectivity index (χ0n) is 18.0. The van der Waals surface area contributed by atoms with Crippen molar-refractivity contribution in [3.05, 3.63) is 52.8 Å². The van der Waals surface area contributed by atoms with E-state index in [4.69, 9.17) is 4.98 Å². The third-order valence-electron chi connectivity index (χ3n) is 6.93. The Kier molecular flexibility index (Phi) is 4.45. The molecule has 1 saturated heterocycles. The van der Waals surface area contributed by atoms with Crippen molar-refractivity contribution in [2.75, 3.05) is 42.5 Å². The zero-order valence-corrected chi connectivity index (χ0v) is 18.0. The Morgan fingerprint density at radius 1 is 1.13 bits per heavy atom. The first kappa shape index (κ1) is 18.8. The maximum Gasteiger partial charge on any atom is 0.233 e. The maximum absolute atomic E-state index is 13.4. The molecule has 1 aromatic carbocycles. The van der Waals surface area contributed by atoms with Crippen LogP contribution < -0.4 is 15.1 Å². The topological polar surface area (TPSA) is 65.8 Å². The van der Waals surface area contributed by atoms with E-state index in [1.165, 1.54) is 22.4 Å². The van der Waals surface area contributed by atoms with E-state index in [0.717, 1.165) is 75.6 Å². The molecule has 7 nitrogen and oxygen atoms in total. The average Bonchev–Trinajstić information content (AvgIpc) is 3.08. The Balaban J connectivity index is 1.27. The molecule has 31 heavy (non-hydrogen) atoms. The molecule has 0 bridgehead atoms. The van der Waals surface area contributed by atoms with Crippen molar-refractivity contribution in [2.24, 2.45) is 5.92 Å². The minimum atomic E-state index is 0.0329. The van der Waals surface area contributed by atoms with E-state index in [-0.39, 0.29) is 11.8 Å². The van der Waals surface area contributed by atoms with Gasteiger partial charge in [0, 0.05) is 49.9 Å². The summed E-state index contributed by atoms with van der Waals surface area (Å²) in [6.45, 7) is 6.34. The van der Waals surface area contributed by atoms with Crippen LogP contribution in [0.2, 0.25) is 0 Å². The van der Waals surface area contributed by atoms with Crippen LogP contribution in [0.15, 0.2) is 30.5 Å². The van der Waals surface area contributed by atoms with Gasteiger partial charge in [0.25, 0.3) is 0 Å². The Bertz CT molecular complexity index is 1160. The minimum Gasteiger partial charge on any atom is -0.354 e. The van der Waals surface area contributed by atoms with E-state index in [1.54, 1.807) is 0 Å². The lowest BCUT2D eigenvalue weighted by Gasteiger charge is -2.43. The molecule has 5 heterocycles. The number of aryl methyl sites for hydroxylation is 2. The normalized spacial score (nSPS) is 19.0. The highest BCUT2D eigenvalue weighted by Gasteiger charge is 2.39. The number of hydrogen-bond acceptors (Lipinski definition) is 5. The Labute approximate surface area is 182 Å². The van der Waals surface area contributed by atoms with E-state index in [0.29, 0.717) is 0 Å². The van der Waals surface area contributed by atoms with Gasteiger partial charge in [-0.1, -0.05) is 17.7 Å². The molecule has 1 amide bonds. The molecule has 2 aromatic heterocycles. The molecule has 160 valence electrons. The van der Waals surface area contributed by atoms with Crippen LogP contribution in [0.4, 0.5) is 11.5 Å². The molecule has 1 fully saturated rings. The van der Waals surface area contributed by atoms with E-state index in [9.17, 15) is 4.79 Å². The summed E-state index contributed by atoms with van der Waals surface area (Å²) in [5, 5.41) is 8.03. The van der Waals surface area contributed by atoms with Gasteiger partial charge in [-0.2, -0.15) is 9.61 Å². The van der Waals surface area contributed by atoms with Crippen LogP contribution in [0.25, 0.3) is 5.65 Å². The molecule has 7 heteroatoms. The monoisotopic (exact) mass is 416 g/mol. The number of carbonyl (C=O) groups excluding carboxylic acids is 1. The lowest BCUT2D eigenvalue weighted by atomic mass is 9.93. The number of benzene rings is 1. The second-order valence-electron chi connectivity index (χ2n) is 9.04. The van der Waals surface area contributed by atoms with Gasteiger partial charge >= 0.3 is 0 Å². The predicted octanol–water partition coefficient (Wildman–Crippen LogP) is 2.14. The van der Waals surface area contributed by atoms with Gasteiger partial charge in [0.2, 0.25) is 5.91 Å². The van der Waals surface area contributed by atoms with Crippen molar-refractivity contribution in [2.45, 2.75) is 32.6 Å². The molecule has 3 aliphatic rings. The van der Waals surface area contributed by atoms with Gasteiger partial charge in [-0.3, -0.25) is 4.79 Å². The summed E-state index contributed by atoms with van der Waals surface area (Å²) in [5.41, 5.74) is 7.03. The van der Waals surface area contributed by atoms with Crippen molar-refractivity contribution in [1.82, 2.24) is 19.9 Å². The third-order valence-corrected chi connectivity index (χ3v) is 6.93. The van der Waals surface area contributed by atoms with Crippen LogP contribution in [0, 0.1) is 12.8 Å². The van der Waals surface area contributed by atoms with Crippen molar-refractivity contribution in [3.63, 3.8) is 0 Å². The second-order valence-corrected chi connectivity index (χ2v) is 9.04. The predicted molar refractivity (Wildman–Crippen MR) is 121 cm³/mol. The van der Waals surface area contributed by atoms with Crippen LogP contribution in [-0.2, 0) is 24.1 Å². The lowest BCUT2D eigenvalue weighted by molar-refractivity contribution is -0.123. The smallest absolute Gasteiger partial charge is 0.233 e. The van der Waals surface area contributed by atoms with Gasteiger partial charge < -0.3 is 15.1 Å². The van der Waals surface area contributed by atoms with Gasteiger partial charge in [0.15, 0.2) is 5.65 Å². The average molecular weight is 417 g/mol. The summed E-state index contributed by atoms with van der Waals surface area (Å²) in [4.78, 5) is 22.6. The first-order valence-electron chi connectivity index (χ1n) is 11.4. The summed E-state index contributed by atoms with van der Waals surface area (Å²) >= 11 is 0. The van der Waals surface area contributed by atoms with Crippen molar-refractivity contribution < 1.29 is 4.79 Å². The molecule has 0 saturated carbocycles. The number of amides is 1. The van der Waals surface area contributed by atoms with Gasteiger partial charge in [-0.05, 0) is 44.4 Å². The lowest BCUT2D eigenvalue weighted by Crippen LogP contribution is -2.56. The summed E-state index contributed by atoms with van der Waals surface area (Å²) in [7, 11) is 0. The quantitative estimate of drug-likeness (QED) is 0.693. The molecular weight excluding hydrogens is 388 g/mol. The van der Waals surface area contributed by atoms with Crippen molar-refractivity contribution >= 4 is 23.1 Å². The fourth-order valence-corrected chi connectivity index (χ4v) is 5.32. The molecule has 0 spiro atoms. The number of fused-ring (bicyclic) bond motifs is 3. The number of nitrogens with one attached hydrogen (secondary N) is 1. The molecule has 3 aliphatic heterocycles. The standard InChI is InChI=1S/C24H28N6O/c1-16-4-5-21-17(13-16)3-2-12-29(21)24(31)18-14-28(15-18)23-19-6-9-25-10-7-20(19)27-22-8-11-26-30(22)23/h4-5,8,11,13,18,25H,2-3,6-7,9-10,12,14-15H2,1H3. The highest BCUT2D eigenvalue weighted by atomic mass is 16.2. The Morgan fingerprint density at radius 2 is 2.00 bits per heavy atom. The van der Waals surface area contributed by atoms with Gasteiger partial charge in [0.05, 0.1) is 17.8 Å². The number of carbonyl (C=O) groups is 1. The fraction of sp³-hybridized carbons (Fsp3) is 0.458. The number of aromatic nitrogens is 3. The largest absolute Gasteiger partial charge is 0.354 e. The van der Waals surface area contributed by atoms with Crippen molar-refractivity contribution in [3.8, 4) is 0 Å². The van der Waals surface area contributed by atoms with Crippen molar-refractivity contribution in [1.29, 1.82) is 0 Å². The van der Waals surface area contributed by atoms with Gasteiger partial charge in [0.1, 0.15) is 5.82 Å². The van der Waals surface area contributed by atoms with E-state index < -0.39 is 0 Å². The van der Waals surface area contributed by atoms with E-state index >= 15 is 0 Å². The summed E-state index contributed by atoms with van der Waals surface area (Å²) in [6, 6.07) is 8.45. The summed E-state index contributed by atoms with van der Waals surface area (Å²) in [6.07, 6.45) is 5.80. The zero-order chi connectivity index (χ0) is 20.9. The molecule has 1 N–H and O–H groups in total. The van der Waals surface area contributed by atoms with E-state index in [2.05, 4.69) is 40.4 Å². The first-order valence-corrected chi connectivity index (χ1v) is 11.4. The molecule has 0 radical (unpaired) electrons. The molecule has 0 aliphatic carbocycles. The minimum absolute atomic E-state index is 0.0329. The Hall–Kier alpha value is -2.93. The van der Waals surface area contributed by atoms with Gasteiger partial charge in [-0.15, -0.1) is 0 Å². The number of anilines is 2. The van der Waals surface area contributed by atoms with Crippen LogP contribution >= 0.6 is 0 Å². The summed E-state index contributed by atoms with van der Waals surface area (Å²) < 4.78 is 1.96. The molecule has 0 unspecified atom stereocenters. The highest BCUT2D eigenvalue weighted by molar-refractivity contribution is 5.97. The Morgan fingerprint density at radius 3 is 2.90 bits per heavy atom. The maximum atomic E-state index is 13.4. The number of nitrogens with zero attached hydrogens (tertiary/aromatic N) is 5. The van der Waals surface area contributed by atoms with Crippen LogP contribution in [0.5, 0.6) is 0 Å². The first-order chi connectivity index (χ1) is 15.2. The molecular formula is C24H28N6O. The molecule has 3 aromatic rings.